The zero-order chi connectivity index (χ0) is 14.7. The van der Waals surface area contributed by atoms with Crippen LogP contribution in [0.25, 0.3) is 11.0 Å². The summed E-state index contributed by atoms with van der Waals surface area (Å²) in [7, 11) is 1.52. The van der Waals surface area contributed by atoms with Gasteiger partial charge in [0.25, 0.3) is 0 Å². The van der Waals surface area contributed by atoms with Gasteiger partial charge in [0.1, 0.15) is 7.05 Å². The molecule has 1 aromatic carbocycles. The number of non-ortho nitro benzene ring substituents is 1. The number of nitro groups is 1. The van der Waals surface area contributed by atoms with E-state index in [-0.39, 0.29) is 37.5 Å². The molecule has 0 fully saturated rings. The highest BCUT2D eigenvalue weighted by atomic mass is 16.6. The van der Waals surface area contributed by atoms with E-state index < -0.39 is 4.92 Å². The monoisotopic (exact) mass is 283 g/mol. The van der Waals surface area contributed by atoms with Crippen LogP contribution in [0.5, 0.6) is 0 Å². The number of benzene rings is 1. The molecule has 0 saturated heterocycles. The summed E-state index contributed by atoms with van der Waals surface area (Å²) < 4.78 is 6.18. The molecule has 0 bridgehead atoms. The second-order valence-corrected chi connectivity index (χ2v) is 4.16. The molecule has 0 spiro atoms. The molecule has 0 aliphatic rings. The van der Waals surface area contributed by atoms with Crippen molar-refractivity contribution in [1.29, 1.82) is 0 Å². The molecule has 108 valence electrons. The number of aliphatic hydroxyl groups is 2. The van der Waals surface area contributed by atoms with Crippen LogP contribution in [-0.4, -0.2) is 46.6 Å². The molecule has 0 amide bonds. The van der Waals surface area contributed by atoms with Crippen molar-refractivity contribution in [2.24, 2.45) is 7.05 Å². The normalized spacial score (nSPS) is 10.9. The molecule has 1 aromatic heterocycles. The molecule has 2 rings (SSSR count). The third-order valence-corrected chi connectivity index (χ3v) is 2.96. The Bertz CT molecular complexity index is 621. The van der Waals surface area contributed by atoms with Crippen molar-refractivity contribution in [3.8, 4) is 0 Å². The maximum Gasteiger partial charge on any atom is 0.324 e. The number of nitrogens with zero attached hydrogens (tertiary/aromatic N) is 4. The standard InChI is InChI=1S/C11H15N4O5/c1-13-11-9(15(18)19)3-2-8(10(11)12-20-13)14(4-6-16)5-7-17/h2-3,16-17H,4-7H2,1H3/q+1. The van der Waals surface area contributed by atoms with E-state index in [0.717, 1.165) is 0 Å². The molecule has 1 heterocycles. The van der Waals surface area contributed by atoms with Gasteiger partial charge in [-0.25, -0.2) is 0 Å². The van der Waals surface area contributed by atoms with Crippen molar-refractivity contribution >= 4 is 22.4 Å². The molecule has 0 aliphatic heterocycles. The van der Waals surface area contributed by atoms with Crippen molar-refractivity contribution < 1.29 is 24.5 Å². The first-order chi connectivity index (χ1) is 9.60. The largest absolute Gasteiger partial charge is 0.395 e. The van der Waals surface area contributed by atoms with E-state index in [1.807, 2.05) is 0 Å². The van der Waals surface area contributed by atoms with E-state index in [0.29, 0.717) is 11.2 Å². The van der Waals surface area contributed by atoms with E-state index in [4.69, 9.17) is 14.8 Å². The lowest BCUT2D eigenvalue weighted by Gasteiger charge is -2.21. The van der Waals surface area contributed by atoms with E-state index in [2.05, 4.69) is 5.16 Å². The Labute approximate surface area is 113 Å². The summed E-state index contributed by atoms with van der Waals surface area (Å²) in [6, 6.07) is 2.89. The van der Waals surface area contributed by atoms with Gasteiger partial charge in [0, 0.05) is 19.2 Å². The fraction of sp³-hybridized carbons (Fsp3) is 0.455. The highest BCUT2D eigenvalue weighted by molar-refractivity contribution is 5.91. The van der Waals surface area contributed by atoms with E-state index in [1.54, 1.807) is 4.90 Å². The van der Waals surface area contributed by atoms with E-state index in [1.165, 1.54) is 23.9 Å². The van der Waals surface area contributed by atoms with Gasteiger partial charge in [0.2, 0.25) is 0 Å². The molecule has 0 radical (unpaired) electrons. The second-order valence-electron chi connectivity index (χ2n) is 4.16. The molecule has 2 N–H and O–H groups in total. The van der Waals surface area contributed by atoms with Gasteiger partial charge in [-0.15, -0.1) is 0 Å². The molecule has 0 saturated carbocycles. The molecule has 20 heavy (non-hydrogen) atoms. The summed E-state index contributed by atoms with van der Waals surface area (Å²) in [4.78, 5) is 12.2. The number of nitro benzene ring substituents is 1. The predicted molar refractivity (Wildman–Crippen MR) is 68.2 cm³/mol. The van der Waals surface area contributed by atoms with Crippen molar-refractivity contribution in [2.45, 2.75) is 0 Å². The Morgan fingerprint density at radius 3 is 2.60 bits per heavy atom. The lowest BCUT2D eigenvalue weighted by molar-refractivity contribution is -0.835. The Balaban J connectivity index is 2.60. The number of aryl methyl sites for hydroxylation is 1. The lowest BCUT2D eigenvalue weighted by Crippen LogP contribution is -2.30. The predicted octanol–water partition coefficient (Wildman–Crippen LogP) is -0.648. The number of rotatable bonds is 6. The minimum Gasteiger partial charge on any atom is -0.395 e. The van der Waals surface area contributed by atoms with Crippen molar-refractivity contribution in [3.63, 3.8) is 0 Å². The topological polar surface area (TPSA) is 117 Å². The van der Waals surface area contributed by atoms with Gasteiger partial charge in [0.15, 0.2) is 5.16 Å². The number of hydrogen-bond acceptors (Lipinski definition) is 7. The Kier molecular flexibility index (Phi) is 4.11. The SMILES string of the molecule is C[n+]1onc2c(N(CCO)CCO)ccc([N+](=O)[O-])c21. The van der Waals surface area contributed by atoms with Gasteiger partial charge in [-0.1, -0.05) is 9.37 Å². The van der Waals surface area contributed by atoms with E-state index >= 15 is 0 Å². The molecular formula is C11H15N4O5+. The van der Waals surface area contributed by atoms with Crippen LogP contribution in [0, 0.1) is 10.1 Å². The van der Waals surface area contributed by atoms with Crippen LogP contribution in [0.15, 0.2) is 16.8 Å². The first-order valence-corrected chi connectivity index (χ1v) is 6.00. The molecule has 9 nitrogen and oxygen atoms in total. The molecule has 0 atom stereocenters. The maximum atomic E-state index is 11.0. The third kappa shape index (κ3) is 2.40. The molecule has 0 aliphatic carbocycles. The van der Waals surface area contributed by atoms with Gasteiger partial charge in [-0.05, 0) is 6.07 Å². The number of anilines is 1. The molecular weight excluding hydrogens is 268 g/mol. The Morgan fingerprint density at radius 1 is 1.40 bits per heavy atom. The minimum atomic E-state index is -0.508. The average Bonchev–Trinajstić information content (AvgIpc) is 2.80. The lowest BCUT2D eigenvalue weighted by atomic mass is 10.2. The van der Waals surface area contributed by atoms with Crippen LogP contribution in [-0.2, 0) is 7.05 Å². The molecule has 9 heteroatoms. The zero-order valence-corrected chi connectivity index (χ0v) is 10.9. The van der Waals surface area contributed by atoms with Gasteiger partial charge in [-0.2, -0.15) is 0 Å². The minimum absolute atomic E-state index is 0.109. The quantitative estimate of drug-likeness (QED) is 0.411. The van der Waals surface area contributed by atoms with Gasteiger partial charge in [-0.3, -0.25) is 10.1 Å². The summed E-state index contributed by atoms with van der Waals surface area (Å²) in [6.07, 6.45) is 0. The first kappa shape index (κ1) is 14.2. The van der Waals surface area contributed by atoms with Crippen LogP contribution in [0.4, 0.5) is 11.4 Å². The summed E-state index contributed by atoms with van der Waals surface area (Å²) in [6.45, 7) is 0.346. The first-order valence-electron chi connectivity index (χ1n) is 6.00. The number of aromatic nitrogens is 2. The van der Waals surface area contributed by atoms with Crippen LogP contribution in [0.1, 0.15) is 0 Å². The fourth-order valence-corrected chi connectivity index (χ4v) is 2.10. The summed E-state index contributed by atoms with van der Waals surface area (Å²) in [5.41, 5.74) is 1.04. The summed E-state index contributed by atoms with van der Waals surface area (Å²) >= 11 is 0. The number of hydrogen-bond donors (Lipinski definition) is 2. The average molecular weight is 283 g/mol. The molecule has 2 aromatic rings. The third-order valence-electron chi connectivity index (χ3n) is 2.96. The Morgan fingerprint density at radius 2 is 2.05 bits per heavy atom. The maximum absolute atomic E-state index is 11.0. The number of fused-ring (bicyclic) bond motifs is 1. The number of aliphatic hydroxyl groups excluding tert-OH is 2. The van der Waals surface area contributed by atoms with Crippen LogP contribution in [0.2, 0.25) is 0 Å². The highest BCUT2D eigenvalue weighted by Crippen LogP contribution is 2.30. The van der Waals surface area contributed by atoms with Crippen molar-refractivity contribution in [3.05, 3.63) is 22.2 Å². The summed E-state index contributed by atoms with van der Waals surface area (Å²) in [5.74, 6) is 0. The second kappa shape index (κ2) is 5.80. The highest BCUT2D eigenvalue weighted by Gasteiger charge is 2.29. The van der Waals surface area contributed by atoms with Gasteiger partial charge < -0.3 is 15.1 Å². The van der Waals surface area contributed by atoms with Crippen LogP contribution in [0.3, 0.4) is 0 Å². The smallest absolute Gasteiger partial charge is 0.324 e. The van der Waals surface area contributed by atoms with E-state index in [9.17, 15) is 10.1 Å². The zero-order valence-electron chi connectivity index (χ0n) is 10.9. The fourth-order valence-electron chi connectivity index (χ4n) is 2.10. The van der Waals surface area contributed by atoms with Gasteiger partial charge >= 0.3 is 16.7 Å². The van der Waals surface area contributed by atoms with Crippen molar-refractivity contribution in [1.82, 2.24) is 5.16 Å². The van der Waals surface area contributed by atoms with Crippen LogP contribution >= 0.6 is 0 Å². The Hall–Kier alpha value is -2.26. The van der Waals surface area contributed by atoms with Gasteiger partial charge in [0.05, 0.1) is 23.8 Å². The van der Waals surface area contributed by atoms with Crippen LogP contribution < -0.4 is 9.64 Å². The van der Waals surface area contributed by atoms with Crippen molar-refractivity contribution in [2.75, 3.05) is 31.2 Å². The molecule has 0 unspecified atom stereocenters. The summed E-state index contributed by atoms with van der Waals surface area (Å²) in [5, 5.41) is 33.0.